The first kappa shape index (κ1) is 13.6. The normalized spacial score (nSPS) is 18.2. The standard InChI is InChI=1S/C14H13BrN2O2S/c15-10-3-4-13(16-8-10)19-11-5-6-17(9-11)14(18)12-2-1-7-20-12/h1-4,7-8,11H,5-6,9H2/t11-/m0/s1. The van der Waals surface area contributed by atoms with E-state index in [1.54, 1.807) is 6.20 Å². The molecular weight excluding hydrogens is 340 g/mol. The van der Waals surface area contributed by atoms with E-state index >= 15 is 0 Å². The molecule has 1 aliphatic rings. The van der Waals surface area contributed by atoms with Gasteiger partial charge >= 0.3 is 0 Å². The molecule has 2 aromatic heterocycles. The Labute approximate surface area is 129 Å². The van der Waals surface area contributed by atoms with E-state index in [-0.39, 0.29) is 12.0 Å². The number of likely N-dealkylation sites (tertiary alicyclic amines) is 1. The molecule has 0 N–H and O–H groups in total. The quantitative estimate of drug-likeness (QED) is 0.851. The molecule has 0 radical (unpaired) electrons. The maximum atomic E-state index is 12.2. The van der Waals surface area contributed by atoms with E-state index in [2.05, 4.69) is 20.9 Å². The lowest BCUT2D eigenvalue weighted by molar-refractivity contribution is 0.0776. The Hall–Kier alpha value is -1.40. The fourth-order valence-electron chi connectivity index (χ4n) is 2.17. The molecule has 6 heteroatoms. The summed E-state index contributed by atoms with van der Waals surface area (Å²) in [6.45, 7) is 1.35. The van der Waals surface area contributed by atoms with Crippen LogP contribution in [0.1, 0.15) is 16.1 Å². The van der Waals surface area contributed by atoms with Crippen molar-refractivity contribution in [2.24, 2.45) is 0 Å². The van der Waals surface area contributed by atoms with Gasteiger partial charge in [-0.2, -0.15) is 0 Å². The third-order valence-corrected chi connectivity index (χ3v) is 4.48. The number of rotatable bonds is 3. The minimum atomic E-state index is 0.0209. The van der Waals surface area contributed by atoms with Crippen LogP contribution in [0, 0.1) is 0 Å². The van der Waals surface area contributed by atoms with Crippen molar-refractivity contribution in [2.75, 3.05) is 13.1 Å². The van der Waals surface area contributed by atoms with Crippen LogP contribution in [0.3, 0.4) is 0 Å². The van der Waals surface area contributed by atoms with Gasteiger partial charge in [-0.1, -0.05) is 6.07 Å². The number of nitrogens with zero attached hydrogens (tertiary/aromatic N) is 2. The molecule has 0 unspecified atom stereocenters. The van der Waals surface area contributed by atoms with Gasteiger partial charge in [-0.05, 0) is 33.4 Å². The summed E-state index contributed by atoms with van der Waals surface area (Å²) >= 11 is 4.81. The zero-order valence-electron chi connectivity index (χ0n) is 10.7. The summed E-state index contributed by atoms with van der Waals surface area (Å²) in [5, 5.41) is 1.92. The SMILES string of the molecule is O=C(c1cccs1)N1CC[C@H](Oc2ccc(Br)cn2)C1. The molecule has 1 amide bonds. The van der Waals surface area contributed by atoms with Crippen LogP contribution in [0.25, 0.3) is 0 Å². The first-order chi connectivity index (χ1) is 9.72. The summed E-state index contributed by atoms with van der Waals surface area (Å²) in [5.74, 6) is 0.693. The van der Waals surface area contributed by atoms with Gasteiger partial charge in [0.15, 0.2) is 0 Å². The molecule has 1 atom stereocenters. The third-order valence-electron chi connectivity index (χ3n) is 3.15. The molecule has 1 fully saturated rings. The number of ether oxygens (including phenoxy) is 1. The number of amides is 1. The smallest absolute Gasteiger partial charge is 0.264 e. The molecule has 1 aliphatic heterocycles. The van der Waals surface area contributed by atoms with Crippen molar-refractivity contribution in [2.45, 2.75) is 12.5 Å². The number of pyridine rings is 1. The van der Waals surface area contributed by atoms with Crippen LogP contribution >= 0.6 is 27.3 Å². The van der Waals surface area contributed by atoms with E-state index in [9.17, 15) is 4.79 Å². The molecular formula is C14H13BrN2O2S. The predicted octanol–water partition coefficient (Wildman–Crippen LogP) is 3.20. The number of carbonyl (C=O) groups is 1. The van der Waals surface area contributed by atoms with E-state index in [0.29, 0.717) is 12.4 Å². The van der Waals surface area contributed by atoms with Gasteiger partial charge in [0.25, 0.3) is 5.91 Å². The lowest BCUT2D eigenvalue weighted by atomic mass is 10.3. The Balaban J connectivity index is 1.59. The van der Waals surface area contributed by atoms with Crippen LogP contribution < -0.4 is 4.74 Å². The number of carbonyl (C=O) groups excluding carboxylic acids is 1. The van der Waals surface area contributed by atoms with Gasteiger partial charge in [0.2, 0.25) is 5.88 Å². The van der Waals surface area contributed by atoms with Gasteiger partial charge in [0.05, 0.1) is 11.4 Å². The Bertz CT molecular complexity index is 586. The van der Waals surface area contributed by atoms with Gasteiger partial charge in [0, 0.05) is 29.7 Å². The molecule has 0 bridgehead atoms. The van der Waals surface area contributed by atoms with Crippen molar-refractivity contribution < 1.29 is 9.53 Å². The molecule has 1 saturated heterocycles. The number of hydrogen-bond donors (Lipinski definition) is 0. The molecule has 0 saturated carbocycles. The summed E-state index contributed by atoms with van der Waals surface area (Å²) in [5.41, 5.74) is 0. The molecule has 104 valence electrons. The van der Waals surface area contributed by atoms with Gasteiger partial charge in [-0.25, -0.2) is 4.98 Å². The molecule has 4 nitrogen and oxygen atoms in total. The number of aromatic nitrogens is 1. The van der Waals surface area contributed by atoms with Crippen molar-refractivity contribution in [3.63, 3.8) is 0 Å². The highest BCUT2D eigenvalue weighted by Gasteiger charge is 2.28. The van der Waals surface area contributed by atoms with Crippen LogP contribution in [0.5, 0.6) is 5.88 Å². The number of thiophene rings is 1. The van der Waals surface area contributed by atoms with Crippen LogP contribution in [0.15, 0.2) is 40.3 Å². The van der Waals surface area contributed by atoms with Crippen LogP contribution in [0.2, 0.25) is 0 Å². The van der Waals surface area contributed by atoms with E-state index in [1.807, 2.05) is 34.5 Å². The number of halogens is 1. The number of hydrogen-bond acceptors (Lipinski definition) is 4. The van der Waals surface area contributed by atoms with E-state index < -0.39 is 0 Å². The van der Waals surface area contributed by atoms with E-state index in [4.69, 9.17) is 4.74 Å². The Morgan fingerprint density at radius 3 is 3.05 bits per heavy atom. The Morgan fingerprint density at radius 2 is 2.35 bits per heavy atom. The topological polar surface area (TPSA) is 42.4 Å². The molecule has 20 heavy (non-hydrogen) atoms. The first-order valence-electron chi connectivity index (χ1n) is 6.33. The molecule has 0 spiro atoms. The molecule has 2 aromatic rings. The lowest BCUT2D eigenvalue weighted by Gasteiger charge is -2.16. The van der Waals surface area contributed by atoms with E-state index in [0.717, 1.165) is 22.3 Å². The summed E-state index contributed by atoms with van der Waals surface area (Å²) in [4.78, 5) is 19.0. The fraction of sp³-hybridized carbons (Fsp3) is 0.286. The highest BCUT2D eigenvalue weighted by molar-refractivity contribution is 9.10. The second-order valence-corrected chi connectivity index (χ2v) is 6.44. The van der Waals surface area contributed by atoms with Gasteiger partial charge < -0.3 is 9.64 Å². The summed E-state index contributed by atoms with van der Waals surface area (Å²) < 4.78 is 6.73. The van der Waals surface area contributed by atoms with Gasteiger partial charge in [0.1, 0.15) is 6.10 Å². The van der Waals surface area contributed by atoms with Crippen molar-refractivity contribution in [3.05, 3.63) is 45.2 Å². The predicted molar refractivity (Wildman–Crippen MR) is 81.2 cm³/mol. The van der Waals surface area contributed by atoms with Gasteiger partial charge in [-0.3, -0.25) is 4.79 Å². The van der Waals surface area contributed by atoms with E-state index in [1.165, 1.54) is 11.3 Å². The molecule has 3 heterocycles. The minimum absolute atomic E-state index is 0.0209. The second kappa shape index (κ2) is 5.93. The summed E-state index contributed by atoms with van der Waals surface area (Å²) in [7, 11) is 0. The summed E-state index contributed by atoms with van der Waals surface area (Å²) in [6, 6.07) is 7.48. The van der Waals surface area contributed by atoms with Crippen molar-refractivity contribution in [3.8, 4) is 5.88 Å². The van der Waals surface area contributed by atoms with Crippen LogP contribution in [-0.4, -0.2) is 35.0 Å². The average Bonchev–Trinajstić information content (AvgIpc) is 3.12. The van der Waals surface area contributed by atoms with Crippen LogP contribution in [0.4, 0.5) is 0 Å². The molecule has 0 aliphatic carbocycles. The Kier molecular flexibility index (Phi) is 4.03. The minimum Gasteiger partial charge on any atom is -0.472 e. The highest BCUT2D eigenvalue weighted by Crippen LogP contribution is 2.21. The zero-order valence-corrected chi connectivity index (χ0v) is 13.1. The lowest BCUT2D eigenvalue weighted by Crippen LogP contribution is -2.30. The average molecular weight is 353 g/mol. The molecule has 3 rings (SSSR count). The fourth-order valence-corrected chi connectivity index (χ4v) is 3.09. The van der Waals surface area contributed by atoms with Crippen molar-refractivity contribution >= 4 is 33.2 Å². The van der Waals surface area contributed by atoms with Gasteiger partial charge in [-0.15, -0.1) is 11.3 Å². The second-order valence-electron chi connectivity index (χ2n) is 4.57. The third kappa shape index (κ3) is 3.02. The Morgan fingerprint density at radius 1 is 1.45 bits per heavy atom. The first-order valence-corrected chi connectivity index (χ1v) is 8.00. The zero-order chi connectivity index (χ0) is 13.9. The highest BCUT2D eigenvalue weighted by atomic mass is 79.9. The van der Waals surface area contributed by atoms with Crippen LogP contribution in [-0.2, 0) is 0 Å². The van der Waals surface area contributed by atoms with Crippen molar-refractivity contribution in [1.82, 2.24) is 9.88 Å². The maximum absolute atomic E-state index is 12.2. The van der Waals surface area contributed by atoms with Crippen molar-refractivity contribution in [1.29, 1.82) is 0 Å². The molecule has 0 aromatic carbocycles. The largest absolute Gasteiger partial charge is 0.472 e. The maximum Gasteiger partial charge on any atom is 0.264 e. The monoisotopic (exact) mass is 352 g/mol. The summed E-state index contributed by atoms with van der Waals surface area (Å²) in [6.07, 6.45) is 2.57.